The molecule has 132 valence electrons. The van der Waals surface area contributed by atoms with Gasteiger partial charge in [-0.05, 0) is 47.6 Å². The fourth-order valence-electron chi connectivity index (χ4n) is 1.45. The maximum absolute atomic E-state index is 11.7. The second-order valence-corrected chi connectivity index (χ2v) is 7.89. The average Bonchev–Trinajstić information content (AvgIpc) is 2.77. The Kier molecular flexibility index (Phi) is 6.67. The van der Waals surface area contributed by atoms with E-state index in [2.05, 4.69) is 22.5 Å². The van der Waals surface area contributed by atoms with Crippen LogP contribution in [0, 0.1) is 11.8 Å². The summed E-state index contributed by atoms with van der Waals surface area (Å²) in [6, 6.07) is 1.75. The predicted molar refractivity (Wildman–Crippen MR) is 95.3 cm³/mol. The molecule has 0 unspecified atom stereocenters. The summed E-state index contributed by atoms with van der Waals surface area (Å²) in [6.45, 7) is 11.0. The van der Waals surface area contributed by atoms with Crippen molar-refractivity contribution in [2.45, 2.75) is 52.7 Å². The van der Waals surface area contributed by atoms with Gasteiger partial charge in [-0.25, -0.2) is 9.59 Å². The molecule has 0 saturated carbocycles. The third kappa shape index (κ3) is 9.06. The first-order valence-corrected chi connectivity index (χ1v) is 8.37. The first kappa shape index (κ1) is 19.8. The molecule has 2 amide bonds. The number of anilines is 1. The summed E-state index contributed by atoms with van der Waals surface area (Å²) in [4.78, 5) is 23.1. The molecule has 0 aliphatic heterocycles. The minimum atomic E-state index is -0.544. The molecule has 0 fully saturated rings. The largest absolute Gasteiger partial charge is 0.444 e. The number of alkyl carbamates (subject to hydrolysis) is 1. The molecule has 1 aromatic rings. The Morgan fingerprint density at radius 2 is 1.67 bits per heavy atom. The van der Waals surface area contributed by atoms with Crippen LogP contribution < -0.4 is 10.6 Å². The molecular formula is C17H24N2O4S. The maximum Gasteiger partial charge on any atom is 0.412 e. The monoisotopic (exact) mass is 352 g/mol. The Morgan fingerprint density at radius 1 is 1.08 bits per heavy atom. The SMILES string of the molecule is CC(C)(C)OC(=O)NCC#Cc1csc(NC(=O)OC(C)(C)C)c1. The number of ether oxygens (including phenoxy) is 2. The Hall–Kier alpha value is -2.20. The zero-order valence-electron chi connectivity index (χ0n) is 14.9. The minimum Gasteiger partial charge on any atom is -0.444 e. The Balaban J connectivity index is 2.45. The predicted octanol–water partition coefficient (Wildman–Crippen LogP) is 3.97. The van der Waals surface area contributed by atoms with E-state index in [4.69, 9.17) is 9.47 Å². The molecule has 6 nitrogen and oxygen atoms in total. The fraction of sp³-hybridized carbons (Fsp3) is 0.529. The van der Waals surface area contributed by atoms with Crippen molar-refractivity contribution >= 4 is 28.5 Å². The van der Waals surface area contributed by atoms with Crippen molar-refractivity contribution in [3.63, 3.8) is 0 Å². The molecule has 1 rings (SSSR count). The molecule has 1 heterocycles. The lowest BCUT2D eigenvalue weighted by atomic mass is 10.2. The number of rotatable bonds is 2. The summed E-state index contributed by atoms with van der Waals surface area (Å²) in [5.41, 5.74) is -0.332. The van der Waals surface area contributed by atoms with Crippen LogP contribution in [0.15, 0.2) is 11.4 Å². The lowest BCUT2D eigenvalue weighted by Crippen LogP contribution is -2.32. The van der Waals surface area contributed by atoms with Crippen LogP contribution in [0.3, 0.4) is 0 Å². The van der Waals surface area contributed by atoms with Gasteiger partial charge in [-0.15, -0.1) is 11.3 Å². The molecular weight excluding hydrogens is 328 g/mol. The molecule has 1 aromatic heterocycles. The van der Waals surface area contributed by atoms with Crippen LogP contribution in [-0.2, 0) is 9.47 Å². The van der Waals surface area contributed by atoms with Crippen molar-refractivity contribution in [3.05, 3.63) is 17.0 Å². The van der Waals surface area contributed by atoms with Gasteiger partial charge in [0.15, 0.2) is 0 Å². The molecule has 24 heavy (non-hydrogen) atoms. The second-order valence-electron chi connectivity index (χ2n) is 6.98. The number of carbonyl (C=O) groups is 2. The highest BCUT2D eigenvalue weighted by Gasteiger charge is 2.17. The van der Waals surface area contributed by atoms with Gasteiger partial charge < -0.3 is 14.8 Å². The van der Waals surface area contributed by atoms with E-state index in [9.17, 15) is 9.59 Å². The van der Waals surface area contributed by atoms with Crippen LogP contribution in [0.2, 0.25) is 0 Å². The Bertz CT molecular complexity index is 642. The summed E-state index contributed by atoms with van der Waals surface area (Å²) in [6.07, 6.45) is -1.01. The van der Waals surface area contributed by atoms with Gasteiger partial charge in [0.1, 0.15) is 11.2 Å². The van der Waals surface area contributed by atoms with E-state index in [0.717, 1.165) is 5.56 Å². The lowest BCUT2D eigenvalue weighted by Gasteiger charge is -2.19. The normalized spacial score (nSPS) is 11.1. The van der Waals surface area contributed by atoms with Crippen molar-refractivity contribution in [3.8, 4) is 11.8 Å². The van der Waals surface area contributed by atoms with E-state index < -0.39 is 23.4 Å². The summed E-state index contributed by atoms with van der Waals surface area (Å²) in [5.74, 6) is 5.73. The average molecular weight is 352 g/mol. The third-order valence-electron chi connectivity index (χ3n) is 2.18. The number of carbonyl (C=O) groups excluding carboxylic acids is 2. The molecule has 2 N–H and O–H groups in total. The van der Waals surface area contributed by atoms with Crippen molar-refractivity contribution in [1.29, 1.82) is 0 Å². The van der Waals surface area contributed by atoms with Crippen LogP contribution in [0.1, 0.15) is 47.1 Å². The van der Waals surface area contributed by atoms with Crippen molar-refractivity contribution in [1.82, 2.24) is 5.32 Å². The molecule has 0 saturated heterocycles. The van der Waals surface area contributed by atoms with Crippen molar-refractivity contribution in [2.24, 2.45) is 0 Å². The molecule has 7 heteroatoms. The van der Waals surface area contributed by atoms with Gasteiger partial charge >= 0.3 is 12.2 Å². The summed E-state index contributed by atoms with van der Waals surface area (Å²) in [7, 11) is 0. The quantitative estimate of drug-likeness (QED) is 0.790. The first-order valence-electron chi connectivity index (χ1n) is 7.49. The van der Waals surface area contributed by atoms with E-state index in [1.54, 1.807) is 47.6 Å². The topological polar surface area (TPSA) is 76.7 Å². The molecule has 0 aliphatic rings. The number of hydrogen-bond donors (Lipinski definition) is 2. The summed E-state index contributed by atoms with van der Waals surface area (Å²) >= 11 is 1.35. The van der Waals surface area contributed by atoms with E-state index in [1.807, 2.05) is 5.38 Å². The Labute approximate surface area is 146 Å². The number of amides is 2. The van der Waals surface area contributed by atoms with Gasteiger partial charge in [-0.2, -0.15) is 0 Å². The second kappa shape index (κ2) is 8.06. The van der Waals surface area contributed by atoms with Crippen LogP contribution in [0.4, 0.5) is 14.6 Å². The highest BCUT2D eigenvalue weighted by atomic mass is 32.1. The maximum atomic E-state index is 11.7. The molecule has 0 spiro atoms. The third-order valence-corrected chi connectivity index (χ3v) is 3.02. The zero-order valence-corrected chi connectivity index (χ0v) is 15.7. The van der Waals surface area contributed by atoms with E-state index >= 15 is 0 Å². The van der Waals surface area contributed by atoms with Gasteiger partial charge in [-0.3, -0.25) is 5.32 Å². The van der Waals surface area contributed by atoms with Gasteiger partial charge in [0, 0.05) is 10.9 Å². The zero-order chi connectivity index (χ0) is 18.4. The van der Waals surface area contributed by atoms with Gasteiger partial charge in [-0.1, -0.05) is 11.8 Å². The lowest BCUT2D eigenvalue weighted by molar-refractivity contribution is 0.0534. The van der Waals surface area contributed by atoms with Crippen LogP contribution >= 0.6 is 11.3 Å². The smallest absolute Gasteiger partial charge is 0.412 e. The van der Waals surface area contributed by atoms with Crippen LogP contribution in [0.25, 0.3) is 0 Å². The minimum absolute atomic E-state index is 0.180. The molecule has 0 bridgehead atoms. The number of hydrogen-bond acceptors (Lipinski definition) is 5. The highest BCUT2D eigenvalue weighted by Crippen LogP contribution is 2.20. The molecule has 0 atom stereocenters. The molecule has 0 aromatic carbocycles. The summed E-state index contributed by atoms with van der Waals surface area (Å²) in [5, 5.41) is 7.67. The molecule has 0 radical (unpaired) electrons. The van der Waals surface area contributed by atoms with Crippen LogP contribution in [-0.4, -0.2) is 29.9 Å². The summed E-state index contributed by atoms with van der Waals surface area (Å²) < 4.78 is 10.3. The number of nitrogens with one attached hydrogen (secondary N) is 2. The van der Waals surface area contributed by atoms with E-state index in [1.165, 1.54) is 11.3 Å². The van der Waals surface area contributed by atoms with Gasteiger partial charge in [0.25, 0.3) is 0 Å². The molecule has 0 aliphatic carbocycles. The van der Waals surface area contributed by atoms with Gasteiger partial charge in [0.05, 0.1) is 11.5 Å². The first-order chi connectivity index (χ1) is 10.9. The van der Waals surface area contributed by atoms with Crippen molar-refractivity contribution < 1.29 is 19.1 Å². The highest BCUT2D eigenvalue weighted by molar-refractivity contribution is 7.14. The fourth-order valence-corrected chi connectivity index (χ4v) is 2.17. The van der Waals surface area contributed by atoms with E-state index in [-0.39, 0.29) is 6.54 Å². The van der Waals surface area contributed by atoms with Crippen LogP contribution in [0.5, 0.6) is 0 Å². The Morgan fingerprint density at radius 3 is 2.25 bits per heavy atom. The van der Waals surface area contributed by atoms with Crippen molar-refractivity contribution in [2.75, 3.05) is 11.9 Å². The standard InChI is InChI=1S/C17H24N2O4S/c1-16(2,3)22-14(20)18-9-7-8-12-10-13(24-11-12)19-15(21)23-17(4,5)6/h10-11H,9H2,1-6H3,(H,18,20)(H,19,21). The van der Waals surface area contributed by atoms with E-state index in [0.29, 0.717) is 5.00 Å². The number of thiophene rings is 1. The van der Waals surface area contributed by atoms with Gasteiger partial charge in [0.2, 0.25) is 0 Å².